The van der Waals surface area contributed by atoms with Crippen LogP contribution in [-0.4, -0.2) is 72.5 Å². The summed E-state index contributed by atoms with van der Waals surface area (Å²) in [4.78, 5) is 21.6. The quantitative estimate of drug-likeness (QED) is 0.559. The molecule has 2 fully saturated rings. The fourth-order valence-electron chi connectivity index (χ4n) is 3.83. The fourth-order valence-corrected chi connectivity index (χ4v) is 3.83. The topological polar surface area (TPSA) is 60.0 Å². The van der Waals surface area contributed by atoms with Crippen molar-refractivity contribution in [2.24, 2.45) is 10.9 Å². The predicted octanol–water partition coefficient (Wildman–Crippen LogP) is 2.06. The number of nitrogens with one attached hydrogen (secondary N) is 2. The van der Waals surface area contributed by atoms with Crippen LogP contribution in [0.5, 0.6) is 0 Å². The van der Waals surface area contributed by atoms with Crippen LogP contribution in [0.15, 0.2) is 4.99 Å². The normalized spacial score (nSPS) is 22.8. The SMILES string of the molecule is CCNC(=NCC(C)(C)N1CCCCC1)NC1CCN(C(=O)C(C)C)C1. The first kappa shape index (κ1) is 21.0. The third-order valence-electron chi connectivity index (χ3n) is 5.52. The van der Waals surface area contributed by atoms with Crippen molar-refractivity contribution in [2.75, 3.05) is 39.3 Å². The third-order valence-corrected chi connectivity index (χ3v) is 5.52. The maximum atomic E-state index is 12.2. The van der Waals surface area contributed by atoms with Crippen molar-refractivity contribution in [1.82, 2.24) is 20.4 Å². The Morgan fingerprint density at radius 3 is 2.50 bits per heavy atom. The zero-order valence-corrected chi connectivity index (χ0v) is 17.5. The van der Waals surface area contributed by atoms with Crippen LogP contribution in [-0.2, 0) is 4.79 Å². The van der Waals surface area contributed by atoms with Crippen LogP contribution in [0.2, 0.25) is 0 Å². The molecule has 0 aliphatic carbocycles. The highest BCUT2D eigenvalue weighted by atomic mass is 16.2. The molecular weight excluding hydrogens is 326 g/mol. The van der Waals surface area contributed by atoms with E-state index >= 15 is 0 Å². The van der Waals surface area contributed by atoms with Gasteiger partial charge in [0.1, 0.15) is 0 Å². The summed E-state index contributed by atoms with van der Waals surface area (Å²) in [6.07, 6.45) is 4.94. The zero-order chi connectivity index (χ0) is 19.2. The number of nitrogens with zero attached hydrogens (tertiary/aromatic N) is 3. The second-order valence-electron chi connectivity index (χ2n) is 8.62. The van der Waals surface area contributed by atoms with Gasteiger partial charge in [0.2, 0.25) is 5.91 Å². The average Bonchev–Trinajstić information content (AvgIpc) is 3.08. The summed E-state index contributed by atoms with van der Waals surface area (Å²) in [6, 6.07) is 0.286. The molecule has 0 aromatic rings. The van der Waals surface area contributed by atoms with Gasteiger partial charge in [0.15, 0.2) is 5.96 Å². The second-order valence-corrected chi connectivity index (χ2v) is 8.62. The van der Waals surface area contributed by atoms with Gasteiger partial charge in [-0.25, -0.2) is 0 Å². The number of rotatable bonds is 6. The van der Waals surface area contributed by atoms with E-state index in [1.165, 1.54) is 32.4 Å². The Morgan fingerprint density at radius 2 is 1.88 bits per heavy atom. The van der Waals surface area contributed by atoms with Crippen LogP contribution in [0.3, 0.4) is 0 Å². The molecule has 6 nitrogen and oxygen atoms in total. The van der Waals surface area contributed by atoms with Gasteiger partial charge in [-0.2, -0.15) is 0 Å². The van der Waals surface area contributed by atoms with E-state index in [1.54, 1.807) is 0 Å². The number of carbonyl (C=O) groups is 1. The smallest absolute Gasteiger partial charge is 0.225 e. The van der Waals surface area contributed by atoms with Gasteiger partial charge in [-0.1, -0.05) is 20.3 Å². The molecule has 2 aliphatic rings. The monoisotopic (exact) mass is 365 g/mol. The fraction of sp³-hybridized carbons (Fsp3) is 0.900. The molecule has 1 atom stereocenters. The molecule has 0 spiro atoms. The highest BCUT2D eigenvalue weighted by Gasteiger charge is 2.29. The number of aliphatic imine (C=N–C) groups is 1. The second kappa shape index (κ2) is 9.58. The lowest BCUT2D eigenvalue weighted by atomic mass is 9.99. The standard InChI is InChI=1S/C20H39N5O/c1-6-21-19(22-15-20(4,5)25-11-8-7-9-12-25)23-17-10-13-24(14-17)18(26)16(2)3/h16-17H,6-15H2,1-5H3,(H2,21,22,23). The van der Waals surface area contributed by atoms with Gasteiger partial charge in [0.25, 0.3) is 0 Å². The van der Waals surface area contributed by atoms with Gasteiger partial charge >= 0.3 is 0 Å². The number of piperidine rings is 1. The van der Waals surface area contributed by atoms with Crippen molar-refractivity contribution >= 4 is 11.9 Å². The Hall–Kier alpha value is -1.30. The first-order valence-corrected chi connectivity index (χ1v) is 10.4. The molecule has 6 heteroatoms. The Morgan fingerprint density at radius 1 is 1.19 bits per heavy atom. The third kappa shape index (κ3) is 5.86. The van der Waals surface area contributed by atoms with Gasteiger partial charge in [0.05, 0.1) is 6.54 Å². The van der Waals surface area contributed by atoms with E-state index in [1.807, 2.05) is 18.7 Å². The van der Waals surface area contributed by atoms with Gasteiger partial charge in [-0.3, -0.25) is 14.7 Å². The molecule has 2 heterocycles. The van der Waals surface area contributed by atoms with Crippen LogP contribution >= 0.6 is 0 Å². The lowest BCUT2D eigenvalue weighted by molar-refractivity contribution is -0.133. The number of guanidine groups is 1. The number of carbonyl (C=O) groups excluding carboxylic acids is 1. The van der Waals surface area contributed by atoms with Crippen molar-refractivity contribution in [3.05, 3.63) is 0 Å². The molecule has 1 amide bonds. The van der Waals surface area contributed by atoms with Crippen molar-refractivity contribution in [3.8, 4) is 0 Å². The van der Waals surface area contributed by atoms with E-state index in [4.69, 9.17) is 4.99 Å². The van der Waals surface area contributed by atoms with Gasteiger partial charge < -0.3 is 15.5 Å². The molecular formula is C20H39N5O. The Kier molecular flexibility index (Phi) is 7.74. The molecule has 2 N–H and O–H groups in total. The summed E-state index contributed by atoms with van der Waals surface area (Å²) < 4.78 is 0. The molecule has 0 aromatic heterocycles. The number of likely N-dealkylation sites (tertiary alicyclic amines) is 2. The molecule has 2 aliphatic heterocycles. The maximum absolute atomic E-state index is 12.2. The van der Waals surface area contributed by atoms with E-state index in [9.17, 15) is 4.79 Å². The zero-order valence-electron chi connectivity index (χ0n) is 17.5. The van der Waals surface area contributed by atoms with Crippen molar-refractivity contribution in [1.29, 1.82) is 0 Å². The highest BCUT2D eigenvalue weighted by Crippen LogP contribution is 2.21. The summed E-state index contributed by atoms with van der Waals surface area (Å²) in [5.74, 6) is 1.20. The Labute approximate surface area is 159 Å². The molecule has 1 unspecified atom stereocenters. The maximum Gasteiger partial charge on any atom is 0.225 e. The Balaban J connectivity index is 1.91. The minimum Gasteiger partial charge on any atom is -0.357 e. The van der Waals surface area contributed by atoms with Crippen molar-refractivity contribution in [3.63, 3.8) is 0 Å². The molecule has 2 saturated heterocycles. The van der Waals surface area contributed by atoms with Crippen molar-refractivity contribution < 1.29 is 4.79 Å². The van der Waals surface area contributed by atoms with E-state index in [-0.39, 0.29) is 23.4 Å². The van der Waals surface area contributed by atoms with E-state index in [2.05, 4.69) is 36.3 Å². The largest absolute Gasteiger partial charge is 0.357 e. The van der Waals surface area contributed by atoms with Crippen LogP contribution in [0.25, 0.3) is 0 Å². The first-order chi connectivity index (χ1) is 12.3. The van der Waals surface area contributed by atoms with Gasteiger partial charge in [0, 0.05) is 37.1 Å². The minimum absolute atomic E-state index is 0.0704. The predicted molar refractivity (Wildman–Crippen MR) is 108 cm³/mol. The lowest BCUT2D eigenvalue weighted by Gasteiger charge is -2.40. The van der Waals surface area contributed by atoms with Crippen LogP contribution in [0.1, 0.15) is 60.3 Å². The molecule has 0 aromatic carbocycles. The molecule has 26 heavy (non-hydrogen) atoms. The molecule has 0 bridgehead atoms. The first-order valence-electron chi connectivity index (χ1n) is 10.4. The molecule has 150 valence electrons. The van der Waals surface area contributed by atoms with E-state index < -0.39 is 0 Å². The summed E-state index contributed by atoms with van der Waals surface area (Å²) >= 11 is 0. The summed E-state index contributed by atoms with van der Waals surface area (Å²) in [5, 5.41) is 6.91. The van der Waals surface area contributed by atoms with Crippen LogP contribution in [0.4, 0.5) is 0 Å². The van der Waals surface area contributed by atoms with Crippen LogP contribution in [0, 0.1) is 5.92 Å². The number of hydrogen-bond donors (Lipinski definition) is 2. The van der Waals surface area contributed by atoms with Crippen LogP contribution < -0.4 is 10.6 Å². The van der Waals surface area contributed by atoms with Gasteiger partial charge in [-0.05, 0) is 53.1 Å². The van der Waals surface area contributed by atoms with E-state index in [0.29, 0.717) is 0 Å². The lowest BCUT2D eigenvalue weighted by Crippen LogP contribution is -2.50. The molecule has 2 rings (SSSR count). The Bertz CT molecular complexity index is 483. The van der Waals surface area contributed by atoms with E-state index in [0.717, 1.165) is 38.6 Å². The number of amides is 1. The number of hydrogen-bond acceptors (Lipinski definition) is 3. The summed E-state index contributed by atoms with van der Waals surface area (Å²) in [5.41, 5.74) is 0.0814. The molecule has 0 saturated carbocycles. The van der Waals surface area contributed by atoms with Crippen molar-refractivity contribution in [2.45, 2.75) is 71.9 Å². The minimum atomic E-state index is 0.0704. The average molecular weight is 366 g/mol. The molecule has 0 radical (unpaired) electrons. The highest BCUT2D eigenvalue weighted by molar-refractivity contribution is 5.81. The summed E-state index contributed by atoms with van der Waals surface area (Å²) in [6.45, 7) is 16.2. The summed E-state index contributed by atoms with van der Waals surface area (Å²) in [7, 11) is 0. The van der Waals surface area contributed by atoms with Gasteiger partial charge in [-0.15, -0.1) is 0 Å².